The smallest absolute Gasteiger partial charge is 0.143 e. The van der Waals surface area contributed by atoms with Crippen LogP contribution in [0, 0.1) is 3.57 Å². The van der Waals surface area contributed by atoms with Gasteiger partial charge >= 0.3 is 0 Å². The van der Waals surface area contributed by atoms with Crippen LogP contribution in [0.4, 0.5) is 5.82 Å². The van der Waals surface area contributed by atoms with E-state index in [1.807, 2.05) is 17.5 Å². The molecule has 0 aromatic carbocycles. The topological polar surface area (TPSA) is 37.8 Å². The summed E-state index contributed by atoms with van der Waals surface area (Å²) in [6.45, 7) is 3.01. The molecule has 0 fully saturated rings. The van der Waals surface area contributed by atoms with Crippen molar-refractivity contribution in [1.82, 2.24) is 9.97 Å². The minimum Gasteiger partial charge on any atom is -0.364 e. The summed E-state index contributed by atoms with van der Waals surface area (Å²) in [6, 6.07) is 4.36. The molecule has 0 amide bonds. The maximum atomic E-state index is 4.20. The van der Waals surface area contributed by atoms with Gasteiger partial charge < -0.3 is 5.32 Å². The Labute approximate surface area is 112 Å². The lowest BCUT2D eigenvalue weighted by Crippen LogP contribution is -2.01. The van der Waals surface area contributed by atoms with E-state index < -0.39 is 0 Å². The number of aryl methyl sites for hydroxylation is 1. The first-order chi connectivity index (χ1) is 7.79. The fourth-order valence-corrected chi connectivity index (χ4v) is 2.71. The van der Waals surface area contributed by atoms with E-state index >= 15 is 0 Å². The summed E-state index contributed by atoms with van der Waals surface area (Å²) < 4.78 is 1.05. The SMILES string of the molecule is CCc1ccc(CNc2ncncc2I)s1. The first kappa shape index (κ1) is 11.8. The third-order valence-electron chi connectivity index (χ3n) is 2.16. The number of hydrogen-bond donors (Lipinski definition) is 1. The number of hydrogen-bond acceptors (Lipinski definition) is 4. The minimum absolute atomic E-state index is 0.831. The highest BCUT2D eigenvalue weighted by atomic mass is 127. The summed E-state index contributed by atoms with van der Waals surface area (Å²) in [4.78, 5) is 10.9. The fourth-order valence-electron chi connectivity index (χ4n) is 1.32. The van der Waals surface area contributed by atoms with Gasteiger partial charge in [0.2, 0.25) is 0 Å². The molecule has 5 heteroatoms. The molecule has 2 aromatic rings. The van der Waals surface area contributed by atoms with Crippen molar-refractivity contribution < 1.29 is 0 Å². The molecule has 0 spiro atoms. The lowest BCUT2D eigenvalue weighted by molar-refractivity contribution is 1.09. The largest absolute Gasteiger partial charge is 0.364 e. The number of nitrogens with one attached hydrogen (secondary N) is 1. The second kappa shape index (κ2) is 5.58. The molecule has 84 valence electrons. The van der Waals surface area contributed by atoms with Gasteiger partial charge in [-0.15, -0.1) is 11.3 Å². The van der Waals surface area contributed by atoms with Gasteiger partial charge in [-0.1, -0.05) is 6.92 Å². The molecule has 0 aliphatic rings. The molecule has 0 saturated carbocycles. The molecular weight excluding hydrogens is 333 g/mol. The van der Waals surface area contributed by atoms with Crippen LogP contribution < -0.4 is 5.32 Å². The van der Waals surface area contributed by atoms with Crippen molar-refractivity contribution in [2.24, 2.45) is 0 Å². The molecule has 3 nitrogen and oxygen atoms in total. The lowest BCUT2D eigenvalue weighted by Gasteiger charge is -2.04. The standard InChI is InChI=1S/C11H12IN3S/c1-2-8-3-4-9(16-8)5-14-11-10(12)6-13-7-15-11/h3-4,6-7H,2,5H2,1H3,(H,13,14,15). The van der Waals surface area contributed by atoms with Crippen molar-refractivity contribution in [3.63, 3.8) is 0 Å². The summed E-state index contributed by atoms with van der Waals surface area (Å²) in [5, 5.41) is 3.32. The third-order valence-corrected chi connectivity index (χ3v) is 4.18. The normalized spacial score (nSPS) is 10.4. The molecule has 2 heterocycles. The Bertz CT molecular complexity index is 470. The van der Waals surface area contributed by atoms with Gasteiger partial charge in [0.25, 0.3) is 0 Å². The monoisotopic (exact) mass is 345 g/mol. The van der Waals surface area contributed by atoms with Crippen LogP contribution >= 0.6 is 33.9 Å². The Morgan fingerprint density at radius 1 is 1.38 bits per heavy atom. The van der Waals surface area contributed by atoms with Gasteiger partial charge in [0.15, 0.2) is 0 Å². The zero-order valence-electron chi connectivity index (χ0n) is 8.90. The van der Waals surface area contributed by atoms with E-state index in [2.05, 4.69) is 56.9 Å². The molecule has 16 heavy (non-hydrogen) atoms. The predicted molar refractivity (Wildman–Crippen MR) is 75.8 cm³/mol. The van der Waals surface area contributed by atoms with E-state index in [1.165, 1.54) is 9.75 Å². The second-order valence-electron chi connectivity index (χ2n) is 3.29. The number of thiophene rings is 1. The number of halogens is 1. The van der Waals surface area contributed by atoms with Crippen LogP contribution in [-0.4, -0.2) is 9.97 Å². The van der Waals surface area contributed by atoms with Crippen LogP contribution in [0.3, 0.4) is 0 Å². The van der Waals surface area contributed by atoms with E-state index in [4.69, 9.17) is 0 Å². The summed E-state index contributed by atoms with van der Waals surface area (Å²) in [6.07, 6.45) is 4.48. The minimum atomic E-state index is 0.831. The van der Waals surface area contributed by atoms with Crippen LogP contribution in [0.2, 0.25) is 0 Å². The lowest BCUT2D eigenvalue weighted by atomic mass is 10.3. The molecular formula is C11H12IN3S. The average molecular weight is 345 g/mol. The first-order valence-electron chi connectivity index (χ1n) is 5.06. The summed E-state index contributed by atoms with van der Waals surface area (Å²) in [5.41, 5.74) is 0. The van der Waals surface area contributed by atoms with Crippen molar-refractivity contribution in [2.75, 3.05) is 5.32 Å². The van der Waals surface area contributed by atoms with Crippen molar-refractivity contribution in [1.29, 1.82) is 0 Å². The van der Waals surface area contributed by atoms with E-state index in [-0.39, 0.29) is 0 Å². The maximum absolute atomic E-state index is 4.20. The summed E-state index contributed by atoms with van der Waals surface area (Å²) in [7, 11) is 0. The zero-order valence-corrected chi connectivity index (χ0v) is 11.9. The molecule has 0 unspecified atom stereocenters. The van der Waals surface area contributed by atoms with Crippen LogP contribution in [-0.2, 0) is 13.0 Å². The Kier molecular flexibility index (Phi) is 4.11. The number of nitrogens with zero attached hydrogens (tertiary/aromatic N) is 2. The second-order valence-corrected chi connectivity index (χ2v) is 5.71. The van der Waals surface area contributed by atoms with Crippen molar-refractivity contribution in [2.45, 2.75) is 19.9 Å². The van der Waals surface area contributed by atoms with Gasteiger partial charge in [-0.25, -0.2) is 9.97 Å². The highest BCUT2D eigenvalue weighted by Gasteiger charge is 2.02. The quantitative estimate of drug-likeness (QED) is 0.864. The highest BCUT2D eigenvalue weighted by Crippen LogP contribution is 2.19. The zero-order chi connectivity index (χ0) is 11.4. The van der Waals surface area contributed by atoms with E-state index in [9.17, 15) is 0 Å². The number of anilines is 1. The molecule has 0 radical (unpaired) electrons. The summed E-state index contributed by atoms with van der Waals surface area (Å²) >= 11 is 4.08. The predicted octanol–water partition coefficient (Wildman–Crippen LogP) is 3.32. The third kappa shape index (κ3) is 2.91. The van der Waals surface area contributed by atoms with Crippen LogP contribution in [0.5, 0.6) is 0 Å². The molecule has 2 rings (SSSR count). The van der Waals surface area contributed by atoms with Crippen molar-refractivity contribution >= 4 is 39.7 Å². The molecule has 1 N–H and O–H groups in total. The van der Waals surface area contributed by atoms with E-state index in [1.54, 1.807) is 6.33 Å². The van der Waals surface area contributed by atoms with E-state index in [0.717, 1.165) is 22.4 Å². The molecule has 2 aromatic heterocycles. The van der Waals surface area contributed by atoms with Gasteiger partial charge in [-0.3, -0.25) is 0 Å². The van der Waals surface area contributed by atoms with Crippen molar-refractivity contribution in [3.8, 4) is 0 Å². The molecule has 0 atom stereocenters. The van der Waals surface area contributed by atoms with Gasteiger partial charge in [0.1, 0.15) is 12.1 Å². The fraction of sp³-hybridized carbons (Fsp3) is 0.273. The van der Waals surface area contributed by atoms with Crippen LogP contribution in [0.25, 0.3) is 0 Å². The van der Waals surface area contributed by atoms with Gasteiger partial charge in [-0.2, -0.15) is 0 Å². The maximum Gasteiger partial charge on any atom is 0.143 e. The van der Waals surface area contributed by atoms with Gasteiger partial charge in [0.05, 0.1) is 10.1 Å². The molecule has 0 aliphatic heterocycles. The number of rotatable bonds is 4. The van der Waals surface area contributed by atoms with Gasteiger partial charge in [0, 0.05) is 16.0 Å². The van der Waals surface area contributed by atoms with E-state index in [0.29, 0.717) is 0 Å². The Balaban J connectivity index is 1.99. The first-order valence-corrected chi connectivity index (χ1v) is 6.96. The Morgan fingerprint density at radius 3 is 2.88 bits per heavy atom. The molecule has 0 aliphatic carbocycles. The Hall–Kier alpha value is -0.690. The summed E-state index contributed by atoms with van der Waals surface area (Å²) in [5.74, 6) is 0.905. The number of aromatic nitrogens is 2. The Morgan fingerprint density at radius 2 is 2.19 bits per heavy atom. The van der Waals surface area contributed by atoms with Crippen molar-refractivity contribution in [3.05, 3.63) is 38.0 Å². The average Bonchev–Trinajstić information content (AvgIpc) is 2.76. The van der Waals surface area contributed by atoms with Gasteiger partial charge in [-0.05, 0) is 41.1 Å². The van der Waals surface area contributed by atoms with Crippen LogP contribution in [0.15, 0.2) is 24.7 Å². The molecule has 0 saturated heterocycles. The van der Waals surface area contributed by atoms with Crippen LogP contribution in [0.1, 0.15) is 16.7 Å². The highest BCUT2D eigenvalue weighted by molar-refractivity contribution is 14.1. The molecule has 0 bridgehead atoms.